The lowest BCUT2D eigenvalue weighted by atomic mass is 10.2. The number of alkyl halides is 1. The van der Waals surface area contributed by atoms with E-state index in [1.807, 2.05) is 38.1 Å². The Morgan fingerprint density at radius 1 is 1.28 bits per heavy atom. The maximum absolute atomic E-state index is 11.5. The molecule has 1 amide bonds. The van der Waals surface area contributed by atoms with Crippen LogP contribution in [0.15, 0.2) is 24.3 Å². The first-order valence-corrected chi connectivity index (χ1v) is 6.45. The molecule has 1 rings (SSSR count). The van der Waals surface area contributed by atoms with E-state index in [2.05, 4.69) is 10.6 Å². The molecule has 4 nitrogen and oxygen atoms in total. The van der Waals surface area contributed by atoms with Gasteiger partial charge in [0.1, 0.15) is 0 Å². The third-order valence-electron chi connectivity index (χ3n) is 2.40. The van der Waals surface area contributed by atoms with Gasteiger partial charge in [-0.05, 0) is 24.3 Å². The van der Waals surface area contributed by atoms with Gasteiger partial charge in [0.15, 0.2) is 0 Å². The average molecular weight is 271 g/mol. The molecule has 100 valence electrons. The fraction of sp³-hybridized carbons (Fsp3) is 0.462. The summed E-state index contributed by atoms with van der Waals surface area (Å²) in [6, 6.07) is 7.32. The SMILES string of the molecule is CC(C)C(=O)Nc1ccc(NCC(O)CCl)cc1. The van der Waals surface area contributed by atoms with Gasteiger partial charge in [-0.2, -0.15) is 0 Å². The Bertz CT molecular complexity index is 379. The van der Waals surface area contributed by atoms with E-state index in [1.54, 1.807) is 0 Å². The summed E-state index contributed by atoms with van der Waals surface area (Å²) in [6.07, 6.45) is -0.563. The summed E-state index contributed by atoms with van der Waals surface area (Å²) in [4.78, 5) is 11.5. The van der Waals surface area contributed by atoms with Gasteiger partial charge in [-0.3, -0.25) is 4.79 Å². The van der Waals surface area contributed by atoms with Crippen molar-refractivity contribution in [1.82, 2.24) is 0 Å². The number of hydrogen-bond donors (Lipinski definition) is 3. The molecule has 0 aliphatic heterocycles. The van der Waals surface area contributed by atoms with Gasteiger partial charge in [-0.15, -0.1) is 11.6 Å². The van der Waals surface area contributed by atoms with E-state index in [0.29, 0.717) is 6.54 Å². The number of carbonyl (C=O) groups is 1. The third-order valence-corrected chi connectivity index (χ3v) is 2.75. The average Bonchev–Trinajstić information content (AvgIpc) is 2.37. The number of halogens is 1. The Balaban J connectivity index is 2.50. The van der Waals surface area contributed by atoms with Crippen LogP contribution in [-0.2, 0) is 4.79 Å². The quantitative estimate of drug-likeness (QED) is 0.695. The molecule has 0 saturated carbocycles. The minimum Gasteiger partial charge on any atom is -0.390 e. The Morgan fingerprint density at radius 2 is 1.83 bits per heavy atom. The molecule has 5 heteroatoms. The van der Waals surface area contributed by atoms with Crippen molar-refractivity contribution in [3.05, 3.63) is 24.3 Å². The first-order valence-electron chi connectivity index (χ1n) is 5.91. The molecule has 1 aromatic rings. The van der Waals surface area contributed by atoms with Gasteiger partial charge >= 0.3 is 0 Å². The van der Waals surface area contributed by atoms with Crippen LogP contribution < -0.4 is 10.6 Å². The van der Waals surface area contributed by atoms with Crippen LogP contribution in [0.3, 0.4) is 0 Å². The monoisotopic (exact) mass is 270 g/mol. The van der Waals surface area contributed by atoms with Crippen molar-refractivity contribution in [1.29, 1.82) is 0 Å². The number of nitrogens with one attached hydrogen (secondary N) is 2. The van der Waals surface area contributed by atoms with E-state index < -0.39 is 6.10 Å². The van der Waals surface area contributed by atoms with Gasteiger partial charge in [-0.25, -0.2) is 0 Å². The van der Waals surface area contributed by atoms with Crippen molar-refractivity contribution in [2.75, 3.05) is 23.1 Å². The normalized spacial score (nSPS) is 12.3. The van der Waals surface area contributed by atoms with Gasteiger partial charge in [0.25, 0.3) is 0 Å². The van der Waals surface area contributed by atoms with Gasteiger partial charge in [-0.1, -0.05) is 13.8 Å². The topological polar surface area (TPSA) is 61.4 Å². The van der Waals surface area contributed by atoms with Gasteiger partial charge in [0.05, 0.1) is 12.0 Å². The molecule has 0 bridgehead atoms. The zero-order chi connectivity index (χ0) is 13.5. The molecule has 0 aliphatic rings. The highest BCUT2D eigenvalue weighted by atomic mass is 35.5. The fourth-order valence-electron chi connectivity index (χ4n) is 1.25. The van der Waals surface area contributed by atoms with E-state index >= 15 is 0 Å². The molecule has 1 unspecified atom stereocenters. The molecule has 0 saturated heterocycles. The van der Waals surface area contributed by atoms with Crippen LogP contribution in [0.1, 0.15) is 13.8 Å². The van der Waals surface area contributed by atoms with Crippen molar-refractivity contribution in [3.8, 4) is 0 Å². The molecule has 1 atom stereocenters. The number of aliphatic hydroxyl groups is 1. The summed E-state index contributed by atoms with van der Waals surface area (Å²) in [6.45, 7) is 4.10. The highest BCUT2D eigenvalue weighted by Gasteiger charge is 2.06. The zero-order valence-electron chi connectivity index (χ0n) is 10.6. The van der Waals surface area contributed by atoms with Gasteiger partial charge < -0.3 is 15.7 Å². The summed E-state index contributed by atoms with van der Waals surface area (Å²) < 4.78 is 0. The molecule has 0 aromatic heterocycles. The molecule has 0 radical (unpaired) electrons. The van der Waals surface area contributed by atoms with E-state index in [-0.39, 0.29) is 17.7 Å². The largest absolute Gasteiger partial charge is 0.390 e. The summed E-state index contributed by atoms with van der Waals surface area (Å²) in [5, 5.41) is 15.2. The molecule has 0 spiro atoms. The van der Waals surface area contributed by atoms with E-state index in [9.17, 15) is 9.90 Å². The van der Waals surface area contributed by atoms with Crippen LogP contribution in [0.4, 0.5) is 11.4 Å². The summed E-state index contributed by atoms with van der Waals surface area (Å²) >= 11 is 5.49. The van der Waals surface area contributed by atoms with Crippen molar-refractivity contribution in [2.45, 2.75) is 20.0 Å². The van der Waals surface area contributed by atoms with Gasteiger partial charge in [0, 0.05) is 23.8 Å². The van der Waals surface area contributed by atoms with E-state index in [4.69, 9.17) is 11.6 Å². The standard InChI is InChI=1S/C13H19ClN2O2/c1-9(2)13(18)16-11-5-3-10(4-6-11)15-8-12(17)7-14/h3-6,9,12,15,17H,7-8H2,1-2H3,(H,16,18). The first kappa shape index (κ1) is 14.8. The molecule has 0 fully saturated rings. The predicted octanol–water partition coefficient (Wildman–Crippen LogP) is 2.29. The van der Waals surface area contributed by atoms with Crippen LogP contribution in [0, 0.1) is 5.92 Å². The fourth-order valence-corrected chi connectivity index (χ4v) is 1.36. The number of hydrogen-bond acceptors (Lipinski definition) is 3. The number of rotatable bonds is 6. The third kappa shape index (κ3) is 4.94. The molecular formula is C13H19ClN2O2. The Labute approximate surface area is 112 Å². The van der Waals surface area contributed by atoms with E-state index in [0.717, 1.165) is 11.4 Å². The van der Waals surface area contributed by atoms with Crippen LogP contribution in [0.25, 0.3) is 0 Å². The highest BCUT2D eigenvalue weighted by Crippen LogP contribution is 2.14. The maximum atomic E-state index is 11.5. The number of benzene rings is 1. The molecular weight excluding hydrogens is 252 g/mol. The number of carbonyl (C=O) groups excluding carboxylic acids is 1. The minimum absolute atomic E-state index is 0.00623. The lowest BCUT2D eigenvalue weighted by molar-refractivity contribution is -0.118. The van der Waals surface area contributed by atoms with Crippen LogP contribution in [-0.4, -0.2) is 29.5 Å². The minimum atomic E-state index is -0.563. The predicted molar refractivity (Wildman–Crippen MR) is 75.1 cm³/mol. The van der Waals surface area contributed by atoms with Crippen molar-refractivity contribution >= 4 is 28.9 Å². The molecule has 18 heavy (non-hydrogen) atoms. The highest BCUT2D eigenvalue weighted by molar-refractivity contribution is 6.18. The van der Waals surface area contributed by atoms with Crippen molar-refractivity contribution in [2.24, 2.45) is 5.92 Å². The van der Waals surface area contributed by atoms with Crippen LogP contribution >= 0.6 is 11.6 Å². The summed E-state index contributed by atoms with van der Waals surface area (Å²) in [7, 11) is 0. The van der Waals surface area contributed by atoms with Gasteiger partial charge in [0.2, 0.25) is 5.91 Å². The Hall–Kier alpha value is -1.26. The zero-order valence-corrected chi connectivity index (χ0v) is 11.4. The first-order chi connectivity index (χ1) is 8.52. The molecule has 0 aliphatic carbocycles. The number of amides is 1. The Morgan fingerprint density at radius 3 is 2.33 bits per heavy atom. The van der Waals surface area contributed by atoms with Crippen LogP contribution in [0.2, 0.25) is 0 Å². The second kappa shape index (κ2) is 7.24. The van der Waals surface area contributed by atoms with Crippen molar-refractivity contribution in [3.63, 3.8) is 0 Å². The Kier molecular flexibility index (Phi) is 5.95. The van der Waals surface area contributed by atoms with Crippen LogP contribution in [0.5, 0.6) is 0 Å². The molecule has 3 N–H and O–H groups in total. The smallest absolute Gasteiger partial charge is 0.226 e. The van der Waals surface area contributed by atoms with Crippen molar-refractivity contribution < 1.29 is 9.90 Å². The maximum Gasteiger partial charge on any atom is 0.226 e. The summed E-state index contributed by atoms with van der Waals surface area (Å²) in [5.41, 5.74) is 1.64. The summed E-state index contributed by atoms with van der Waals surface area (Å²) in [5.74, 6) is 0.158. The second-order valence-electron chi connectivity index (χ2n) is 4.41. The second-order valence-corrected chi connectivity index (χ2v) is 4.72. The number of anilines is 2. The van der Waals surface area contributed by atoms with E-state index in [1.165, 1.54) is 0 Å². The lowest BCUT2D eigenvalue weighted by Gasteiger charge is -2.11. The molecule has 0 heterocycles. The lowest BCUT2D eigenvalue weighted by Crippen LogP contribution is -2.20. The molecule has 1 aromatic carbocycles. The number of aliphatic hydroxyl groups excluding tert-OH is 1.